The number of thiazole rings is 1. The molecule has 12 heteroatoms. The summed E-state index contributed by atoms with van der Waals surface area (Å²) >= 11 is 1.25. The van der Waals surface area contributed by atoms with E-state index in [0.29, 0.717) is 28.9 Å². The normalized spacial score (nSPS) is 16.6. The summed E-state index contributed by atoms with van der Waals surface area (Å²) in [5.74, 6) is 0. The zero-order valence-corrected chi connectivity index (χ0v) is 16.5. The van der Waals surface area contributed by atoms with Crippen LogP contribution in [0.5, 0.6) is 5.19 Å². The molecule has 2 aromatic rings. The van der Waals surface area contributed by atoms with Crippen LogP contribution < -0.4 is 10.1 Å². The van der Waals surface area contributed by atoms with E-state index in [4.69, 9.17) is 9.57 Å². The van der Waals surface area contributed by atoms with Crippen molar-refractivity contribution in [2.24, 2.45) is 0 Å². The number of hydrogen-bond acceptors (Lipinski definition) is 9. The number of nitro benzene ring substituents is 1. The monoisotopic (exact) mass is 426 g/mol. The first kappa shape index (κ1) is 20.4. The predicted molar refractivity (Wildman–Crippen MR) is 101 cm³/mol. The molecule has 1 atom stereocenters. The number of fused-ring (bicyclic) bond motifs is 1. The number of aromatic nitrogens is 1. The molecule has 1 aromatic carbocycles. The second-order valence-corrected chi connectivity index (χ2v) is 8.51. The minimum absolute atomic E-state index is 0.0337. The van der Waals surface area contributed by atoms with E-state index in [1.807, 2.05) is 0 Å². The van der Waals surface area contributed by atoms with Crippen LogP contribution in [0.1, 0.15) is 16.6 Å². The summed E-state index contributed by atoms with van der Waals surface area (Å²) in [5, 5.41) is 14.4. The van der Waals surface area contributed by atoms with Crippen molar-refractivity contribution in [2.45, 2.75) is 17.5 Å². The maximum atomic E-state index is 13.2. The summed E-state index contributed by atoms with van der Waals surface area (Å²) in [4.78, 5) is 20.7. The van der Waals surface area contributed by atoms with E-state index < -0.39 is 21.0 Å². The van der Waals surface area contributed by atoms with E-state index in [1.165, 1.54) is 36.7 Å². The zero-order chi connectivity index (χ0) is 20.3. The summed E-state index contributed by atoms with van der Waals surface area (Å²) in [6, 6.07) is 3.97. The Morgan fingerprint density at radius 2 is 2.18 bits per heavy atom. The molecule has 0 fully saturated rings. The Labute approximate surface area is 165 Å². The largest absolute Gasteiger partial charge is 0.473 e. The summed E-state index contributed by atoms with van der Waals surface area (Å²) < 4.78 is 32.5. The number of nitrogens with one attached hydrogen (secondary N) is 1. The molecule has 10 nitrogen and oxygen atoms in total. The predicted octanol–water partition coefficient (Wildman–Crippen LogP) is 2.01. The molecule has 1 N–H and O–H groups in total. The standard InChI is InChI=1S/C16H18N4O6S2/c1-3-8-26-20(14-10-17-9-13-15(14)27-16(18-13)25-2)28(23,24)12-6-4-11(5-7-12)19(21)22/h3-7,14,17H,1,8-10H2,2H3. The number of nitro groups is 1. The number of rotatable bonds is 8. The number of methoxy groups -OCH3 is 1. The molecule has 3 rings (SSSR count). The molecule has 0 bridgehead atoms. The first-order valence-corrected chi connectivity index (χ1v) is 10.4. The molecule has 28 heavy (non-hydrogen) atoms. The van der Waals surface area contributed by atoms with E-state index >= 15 is 0 Å². The van der Waals surface area contributed by atoms with Gasteiger partial charge in [0.1, 0.15) is 6.04 Å². The van der Waals surface area contributed by atoms with Crippen LogP contribution >= 0.6 is 11.3 Å². The van der Waals surface area contributed by atoms with Gasteiger partial charge < -0.3 is 10.1 Å². The highest BCUT2D eigenvalue weighted by atomic mass is 32.2. The van der Waals surface area contributed by atoms with Crippen molar-refractivity contribution in [3.8, 4) is 5.19 Å². The Morgan fingerprint density at radius 3 is 2.79 bits per heavy atom. The highest BCUT2D eigenvalue weighted by Crippen LogP contribution is 2.38. The van der Waals surface area contributed by atoms with E-state index in [0.717, 1.165) is 16.6 Å². The fourth-order valence-corrected chi connectivity index (χ4v) is 5.15. The van der Waals surface area contributed by atoms with E-state index in [9.17, 15) is 18.5 Å². The number of ether oxygens (including phenoxy) is 1. The number of sulfonamides is 1. The summed E-state index contributed by atoms with van der Waals surface area (Å²) in [7, 11) is -2.62. The van der Waals surface area contributed by atoms with Gasteiger partial charge in [0.25, 0.3) is 20.9 Å². The Morgan fingerprint density at radius 1 is 1.46 bits per heavy atom. The van der Waals surface area contributed by atoms with Gasteiger partial charge in [0.05, 0.1) is 34.1 Å². The molecule has 0 spiro atoms. The lowest BCUT2D eigenvalue weighted by Gasteiger charge is -2.31. The van der Waals surface area contributed by atoms with Crippen LogP contribution in [0.4, 0.5) is 5.69 Å². The number of hydroxylamine groups is 1. The van der Waals surface area contributed by atoms with Crippen LogP contribution in [-0.4, -0.2) is 43.1 Å². The zero-order valence-electron chi connectivity index (χ0n) is 14.9. The molecule has 0 saturated heterocycles. The van der Waals surface area contributed by atoms with Gasteiger partial charge in [-0.2, -0.15) is 0 Å². The molecular formula is C16H18N4O6S2. The molecule has 1 aromatic heterocycles. The molecular weight excluding hydrogens is 408 g/mol. The lowest BCUT2D eigenvalue weighted by Crippen LogP contribution is -2.42. The fraction of sp³-hybridized carbons (Fsp3) is 0.312. The van der Waals surface area contributed by atoms with Crippen molar-refractivity contribution >= 4 is 27.0 Å². The lowest BCUT2D eigenvalue weighted by atomic mass is 10.1. The van der Waals surface area contributed by atoms with Crippen molar-refractivity contribution in [3.05, 3.63) is 57.6 Å². The second kappa shape index (κ2) is 8.32. The highest BCUT2D eigenvalue weighted by molar-refractivity contribution is 7.89. The van der Waals surface area contributed by atoms with Crippen molar-refractivity contribution in [2.75, 3.05) is 20.3 Å². The smallest absolute Gasteiger partial charge is 0.273 e. The van der Waals surface area contributed by atoms with Gasteiger partial charge in [0.2, 0.25) is 0 Å². The molecule has 2 heterocycles. The van der Waals surface area contributed by atoms with Gasteiger partial charge in [-0.3, -0.25) is 15.0 Å². The van der Waals surface area contributed by atoms with E-state index in [-0.39, 0.29) is 17.2 Å². The van der Waals surface area contributed by atoms with Crippen molar-refractivity contribution in [3.63, 3.8) is 0 Å². The average molecular weight is 426 g/mol. The topological polar surface area (TPSA) is 124 Å². The third-order valence-corrected chi connectivity index (χ3v) is 6.83. The number of non-ortho nitro benzene ring substituents is 1. The summed E-state index contributed by atoms with van der Waals surface area (Å²) in [6.45, 7) is 4.32. The van der Waals surface area contributed by atoms with Crippen molar-refractivity contribution < 1.29 is 22.9 Å². The van der Waals surface area contributed by atoms with Gasteiger partial charge in [-0.05, 0) is 12.1 Å². The van der Waals surface area contributed by atoms with E-state index in [2.05, 4.69) is 16.9 Å². The molecule has 1 aliphatic rings. The molecule has 1 unspecified atom stereocenters. The first-order chi connectivity index (χ1) is 13.4. The van der Waals surface area contributed by atoms with Gasteiger partial charge in [-0.15, -0.1) is 6.58 Å². The van der Waals surface area contributed by atoms with Crippen LogP contribution in [0.15, 0.2) is 41.8 Å². The van der Waals surface area contributed by atoms with Gasteiger partial charge in [-0.25, -0.2) is 13.4 Å². The van der Waals surface area contributed by atoms with Gasteiger partial charge in [0.15, 0.2) is 0 Å². The number of hydrogen-bond donors (Lipinski definition) is 1. The summed E-state index contributed by atoms with van der Waals surface area (Å²) in [5.41, 5.74) is 0.482. The molecule has 0 radical (unpaired) electrons. The molecule has 150 valence electrons. The third-order valence-electron chi connectivity index (χ3n) is 3.97. The van der Waals surface area contributed by atoms with Crippen molar-refractivity contribution in [1.29, 1.82) is 0 Å². The van der Waals surface area contributed by atoms with Crippen LogP contribution in [0.2, 0.25) is 0 Å². The van der Waals surface area contributed by atoms with Gasteiger partial charge in [0, 0.05) is 25.2 Å². The Bertz CT molecular complexity index is 974. The van der Waals surface area contributed by atoms with Crippen LogP contribution in [-0.2, 0) is 21.4 Å². The van der Waals surface area contributed by atoms with E-state index in [1.54, 1.807) is 0 Å². The quantitative estimate of drug-likeness (QED) is 0.386. The third kappa shape index (κ3) is 3.91. The van der Waals surface area contributed by atoms with Crippen LogP contribution in [0.3, 0.4) is 0 Å². The Hall–Kier alpha value is -2.38. The number of nitrogens with zero attached hydrogens (tertiary/aromatic N) is 3. The van der Waals surface area contributed by atoms with Crippen LogP contribution in [0, 0.1) is 10.1 Å². The average Bonchev–Trinajstić information content (AvgIpc) is 3.12. The van der Waals surface area contributed by atoms with Crippen LogP contribution in [0.25, 0.3) is 0 Å². The SMILES string of the molecule is C=CCON(C1CNCc2nc(OC)sc21)S(=O)(=O)c1ccc([N+](=O)[O-])cc1. The highest BCUT2D eigenvalue weighted by Gasteiger charge is 2.38. The Balaban J connectivity index is 2.01. The molecule has 0 aliphatic carbocycles. The lowest BCUT2D eigenvalue weighted by molar-refractivity contribution is -0.384. The second-order valence-electron chi connectivity index (χ2n) is 5.74. The maximum Gasteiger partial charge on any atom is 0.273 e. The minimum Gasteiger partial charge on any atom is -0.473 e. The molecule has 0 saturated carbocycles. The molecule has 1 aliphatic heterocycles. The molecule has 0 amide bonds. The van der Waals surface area contributed by atoms with Gasteiger partial charge >= 0.3 is 0 Å². The minimum atomic E-state index is -4.12. The first-order valence-electron chi connectivity index (χ1n) is 8.15. The van der Waals surface area contributed by atoms with Crippen molar-refractivity contribution in [1.82, 2.24) is 14.8 Å². The Kier molecular flexibility index (Phi) is 6.05. The number of benzene rings is 1. The fourth-order valence-electron chi connectivity index (χ4n) is 2.70. The summed E-state index contributed by atoms with van der Waals surface area (Å²) in [6.07, 6.45) is 1.43. The maximum absolute atomic E-state index is 13.2. The van der Waals surface area contributed by atoms with Gasteiger partial charge in [-0.1, -0.05) is 21.9 Å².